The van der Waals surface area contributed by atoms with Gasteiger partial charge in [0.1, 0.15) is 11.5 Å². The molecule has 0 aliphatic heterocycles. The highest BCUT2D eigenvalue weighted by Gasteiger charge is 2.10. The standard InChI is InChI=1S/C17H18BrNO3/c1-10(2)22-14-6-4-12(5-7-14)17(21)19-13-8-11(3)16(20)15(18)9-13/h4-10,20H,1-3H3,(H,19,21). The normalized spacial score (nSPS) is 10.6. The molecule has 0 fully saturated rings. The van der Waals surface area contributed by atoms with Crippen LogP contribution in [-0.4, -0.2) is 17.1 Å². The number of amides is 1. The van der Waals surface area contributed by atoms with Crippen LogP contribution in [0.5, 0.6) is 11.5 Å². The van der Waals surface area contributed by atoms with Crippen molar-refractivity contribution in [1.82, 2.24) is 0 Å². The van der Waals surface area contributed by atoms with Crippen molar-refractivity contribution < 1.29 is 14.6 Å². The number of ether oxygens (including phenoxy) is 1. The molecule has 0 spiro atoms. The van der Waals surface area contributed by atoms with Crippen molar-refractivity contribution in [3.8, 4) is 11.5 Å². The number of phenolic OH excluding ortho intramolecular Hbond substituents is 1. The van der Waals surface area contributed by atoms with E-state index < -0.39 is 0 Å². The lowest BCUT2D eigenvalue weighted by Crippen LogP contribution is -2.12. The Labute approximate surface area is 138 Å². The highest BCUT2D eigenvalue weighted by atomic mass is 79.9. The first-order valence-electron chi connectivity index (χ1n) is 6.94. The molecule has 2 N–H and O–H groups in total. The van der Waals surface area contributed by atoms with Crippen molar-refractivity contribution in [2.75, 3.05) is 5.32 Å². The number of phenols is 1. The molecule has 0 radical (unpaired) electrons. The SMILES string of the molecule is Cc1cc(NC(=O)c2ccc(OC(C)C)cc2)cc(Br)c1O. The summed E-state index contributed by atoms with van der Waals surface area (Å²) in [5, 5.41) is 12.5. The van der Waals surface area contributed by atoms with E-state index in [0.717, 1.165) is 5.75 Å². The quantitative estimate of drug-likeness (QED) is 0.786. The first-order valence-corrected chi connectivity index (χ1v) is 7.73. The zero-order valence-corrected chi connectivity index (χ0v) is 14.3. The van der Waals surface area contributed by atoms with Gasteiger partial charge in [0.15, 0.2) is 0 Å². The van der Waals surface area contributed by atoms with Gasteiger partial charge in [-0.1, -0.05) is 0 Å². The number of aromatic hydroxyl groups is 1. The lowest BCUT2D eigenvalue weighted by molar-refractivity contribution is 0.102. The van der Waals surface area contributed by atoms with Gasteiger partial charge in [0.25, 0.3) is 5.91 Å². The van der Waals surface area contributed by atoms with Crippen LogP contribution in [0.3, 0.4) is 0 Å². The second-order valence-electron chi connectivity index (χ2n) is 5.27. The predicted octanol–water partition coefficient (Wildman–Crippen LogP) is 4.50. The molecule has 5 heteroatoms. The van der Waals surface area contributed by atoms with Crippen LogP contribution < -0.4 is 10.1 Å². The second-order valence-corrected chi connectivity index (χ2v) is 6.12. The first-order chi connectivity index (χ1) is 10.4. The molecule has 0 saturated carbocycles. The van der Waals surface area contributed by atoms with Gasteiger partial charge in [0.2, 0.25) is 0 Å². The topological polar surface area (TPSA) is 58.6 Å². The van der Waals surface area contributed by atoms with Gasteiger partial charge < -0.3 is 15.2 Å². The van der Waals surface area contributed by atoms with E-state index in [2.05, 4.69) is 21.2 Å². The largest absolute Gasteiger partial charge is 0.506 e. The zero-order chi connectivity index (χ0) is 16.3. The van der Waals surface area contributed by atoms with Crippen molar-refractivity contribution in [2.45, 2.75) is 26.9 Å². The molecular weight excluding hydrogens is 346 g/mol. The number of nitrogens with one attached hydrogen (secondary N) is 1. The number of rotatable bonds is 4. The van der Waals surface area contributed by atoms with E-state index in [1.807, 2.05) is 13.8 Å². The van der Waals surface area contributed by atoms with Crippen molar-refractivity contribution in [1.29, 1.82) is 0 Å². The number of hydrogen-bond acceptors (Lipinski definition) is 3. The summed E-state index contributed by atoms with van der Waals surface area (Å²) >= 11 is 3.26. The van der Waals surface area contributed by atoms with Gasteiger partial charge in [0, 0.05) is 11.3 Å². The number of hydrogen-bond donors (Lipinski definition) is 2. The Morgan fingerprint density at radius 3 is 2.41 bits per heavy atom. The van der Waals surface area contributed by atoms with Crippen molar-refractivity contribution in [3.63, 3.8) is 0 Å². The van der Waals surface area contributed by atoms with E-state index in [1.165, 1.54) is 0 Å². The minimum atomic E-state index is -0.215. The van der Waals surface area contributed by atoms with Crippen LogP contribution >= 0.6 is 15.9 Å². The summed E-state index contributed by atoms with van der Waals surface area (Å²) in [4.78, 5) is 12.2. The summed E-state index contributed by atoms with van der Waals surface area (Å²) in [6, 6.07) is 10.4. The molecule has 0 unspecified atom stereocenters. The second kappa shape index (κ2) is 6.83. The maximum absolute atomic E-state index is 12.2. The third kappa shape index (κ3) is 4.01. The molecule has 0 heterocycles. The highest BCUT2D eigenvalue weighted by molar-refractivity contribution is 9.10. The monoisotopic (exact) mass is 363 g/mol. The van der Waals surface area contributed by atoms with E-state index in [0.29, 0.717) is 21.3 Å². The van der Waals surface area contributed by atoms with Gasteiger partial charge in [-0.15, -0.1) is 0 Å². The summed E-state index contributed by atoms with van der Waals surface area (Å²) in [6.45, 7) is 5.67. The number of anilines is 1. The molecule has 0 atom stereocenters. The average molecular weight is 364 g/mol. The van der Waals surface area contributed by atoms with Gasteiger partial charge in [-0.3, -0.25) is 4.79 Å². The minimum absolute atomic E-state index is 0.0944. The third-order valence-corrected chi connectivity index (χ3v) is 3.60. The van der Waals surface area contributed by atoms with Crippen LogP contribution in [0.2, 0.25) is 0 Å². The van der Waals surface area contributed by atoms with Gasteiger partial charge in [-0.2, -0.15) is 0 Å². The van der Waals surface area contributed by atoms with Crippen molar-refractivity contribution in [3.05, 3.63) is 52.0 Å². The number of halogens is 1. The maximum atomic E-state index is 12.2. The molecule has 1 amide bonds. The van der Waals surface area contributed by atoms with Gasteiger partial charge in [-0.25, -0.2) is 0 Å². The smallest absolute Gasteiger partial charge is 0.255 e. The number of carbonyl (C=O) groups excluding carboxylic acids is 1. The Balaban J connectivity index is 2.12. The molecule has 22 heavy (non-hydrogen) atoms. The van der Waals surface area contributed by atoms with Gasteiger partial charge in [-0.05, 0) is 78.7 Å². The molecule has 2 aromatic carbocycles. The minimum Gasteiger partial charge on any atom is -0.506 e. The highest BCUT2D eigenvalue weighted by Crippen LogP contribution is 2.31. The van der Waals surface area contributed by atoms with Gasteiger partial charge >= 0.3 is 0 Å². The lowest BCUT2D eigenvalue weighted by atomic mass is 10.1. The molecule has 0 saturated heterocycles. The maximum Gasteiger partial charge on any atom is 0.255 e. The number of carbonyl (C=O) groups is 1. The van der Waals surface area contributed by atoms with E-state index in [1.54, 1.807) is 43.3 Å². The van der Waals surface area contributed by atoms with Crippen LogP contribution in [0.1, 0.15) is 29.8 Å². The molecule has 116 valence electrons. The molecule has 4 nitrogen and oxygen atoms in total. The molecule has 2 rings (SSSR count). The third-order valence-electron chi connectivity index (χ3n) is 3.00. The number of benzene rings is 2. The molecule has 0 aliphatic rings. The summed E-state index contributed by atoms with van der Waals surface area (Å²) < 4.78 is 6.09. The summed E-state index contributed by atoms with van der Waals surface area (Å²) in [5.41, 5.74) is 1.85. The van der Waals surface area contributed by atoms with Crippen LogP contribution in [-0.2, 0) is 0 Å². The Morgan fingerprint density at radius 1 is 1.23 bits per heavy atom. The van der Waals surface area contributed by atoms with Crippen molar-refractivity contribution >= 4 is 27.5 Å². The molecule has 0 bridgehead atoms. The zero-order valence-electron chi connectivity index (χ0n) is 12.7. The van der Waals surface area contributed by atoms with Crippen LogP contribution in [0.15, 0.2) is 40.9 Å². The summed E-state index contributed by atoms with van der Waals surface area (Å²) in [7, 11) is 0. The molecule has 0 aliphatic carbocycles. The Kier molecular flexibility index (Phi) is 5.08. The van der Waals surface area contributed by atoms with E-state index in [4.69, 9.17) is 4.74 Å². The first kappa shape index (κ1) is 16.4. The van der Waals surface area contributed by atoms with E-state index in [-0.39, 0.29) is 17.8 Å². The van der Waals surface area contributed by atoms with Gasteiger partial charge in [0.05, 0.1) is 10.6 Å². The van der Waals surface area contributed by atoms with Crippen LogP contribution in [0.25, 0.3) is 0 Å². The average Bonchev–Trinajstić information content (AvgIpc) is 2.44. The van der Waals surface area contributed by atoms with Crippen LogP contribution in [0, 0.1) is 6.92 Å². The van der Waals surface area contributed by atoms with Crippen LogP contribution in [0.4, 0.5) is 5.69 Å². The molecule has 0 aromatic heterocycles. The number of aryl methyl sites for hydroxylation is 1. The fraction of sp³-hybridized carbons (Fsp3) is 0.235. The molecule has 2 aromatic rings. The van der Waals surface area contributed by atoms with E-state index in [9.17, 15) is 9.90 Å². The molecular formula is C17H18BrNO3. The summed E-state index contributed by atoms with van der Waals surface area (Å²) in [5.74, 6) is 0.691. The Hall–Kier alpha value is -2.01. The van der Waals surface area contributed by atoms with Crippen molar-refractivity contribution in [2.24, 2.45) is 0 Å². The fourth-order valence-electron chi connectivity index (χ4n) is 1.97. The summed E-state index contributed by atoms with van der Waals surface area (Å²) in [6.07, 6.45) is 0.0944. The predicted molar refractivity (Wildman–Crippen MR) is 90.7 cm³/mol. The van der Waals surface area contributed by atoms with E-state index >= 15 is 0 Å². The Morgan fingerprint density at radius 2 is 1.86 bits per heavy atom. The fourth-order valence-corrected chi connectivity index (χ4v) is 2.53. The Bertz CT molecular complexity index is 658. The lowest BCUT2D eigenvalue weighted by Gasteiger charge is -2.11.